The van der Waals surface area contributed by atoms with Gasteiger partial charge in [-0.05, 0) is 43.6 Å². The second-order valence-electron chi connectivity index (χ2n) is 4.13. The third kappa shape index (κ3) is 3.91. The van der Waals surface area contributed by atoms with Gasteiger partial charge in [-0.25, -0.2) is 4.39 Å². The minimum atomic E-state index is -0.505. The van der Waals surface area contributed by atoms with E-state index in [1.165, 1.54) is 18.2 Å². The highest BCUT2D eigenvalue weighted by Crippen LogP contribution is 2.22. The van der Waals surface area contributed by atoms with Crippen LogP contribution in [0.5, 0.6) is 6.01 Å². The van der Waals surface area contributed by atoms with Crippen molar-refractivity contribution in [3.8, 4) is 6.01 Å². The average molecular weight is 317 g/mol. The van der Waals surface area contributed by atoms with Crippen LogP contribution in [0.2, 0.25) is 10.3 Å². The summed E-state index contributed by atoms with van der Waals surface area (Å²) in [7, 11) is 0. The summed E-state index contributed by atoms with van der Waals surface area (Å²) in [6.07, 6.45) is -0.0958. The predicted molar refractivity (Wildman–Crippen MR) is 75.3 cm³/mol. The van der Waals surface area contributed by atoms with Crippen molar-refractivity contribution in [3.63, 3.8) is 0 Å². The fraction of sp³-hybridized carbons (Fsp3) is 0.250. The Morgan fingerprint density at radius 1 is 1.20 bits per heavy atom. The van der Waals surface area contributed by atoms with E-state index in [2.05, 4.69) is 20.3 Å². The maximum absolute atomic E-state index is 13.1. The normalized spacial score (nSPS) is 10.7. The van der Waals surface area contributed by atoms with Gasteiger partial charge < -0.3 is 10.1 Å². The molecule has 0 spiro atoms. The van der Waals surface area contributed by atoms with Crippen LogP contribution in [0.25, 0.3) is 0 Å². The molecule has 0 aliphatic carbocycles. The molecule has 8 heteroatoms. The molecule has 0 fully saturated rings. The largest absolute Gasteiger partial charge is 0.461 e. The third-order valence-corrected chi connectivity index (χ3v) is 2.56. The first-order chi connectivity index (χ1) is 9.44. The molecule has 0 aliphatic heterocycles. The van der Waals surface area contributed by atoms with Gasteiger partial charge in [0.25, 0.3) is 0 Å². The van der Waals surface area contributed by atoms with Gasteiger partial charge in [0.1, 0.15) is 5.82 Å². The molecular formula is C12H11Cl2FN4O. The number of nitrogens with zero attached hydrogens (tertiary/aromatic N) is 3. The zero-order valence-electron chi connectivity index (χ0n) is 10.7. The maximum Gasteiger partial charge on any atom is 0.322 e. The van der Waals surface area contributed by atoms with Crippen LogP contribution < -0.4 is 10.1 Å². The first-order valence-corrected chi connectivity index (χ1v) is 6.50. The molecule has 0 saturated heterocycles. The summed E-state index contributed by atoms with van der Waals surface area (Å²) in [4.78, 5) is 11.8. The van der Waals surface area contributed by atoms with Crippen LogP contribution in [0.3, 0.4) is 0 Å². The van der Waals surface area contributed by atoms with Crippen LogP contribution in [-0.2, 0) is 0 Å². The summed E-state index contributed by atoms with van der Waals surface area (Å²) in [5.41, 5.74) is 0.522. The highest BCUT2D eigenvalue weighted by atomic mass is 35.5. The van der Waals surface area contributed by atoms with E-state index in [-0.39, 0.29) is 28.4 Å². The number of nitrogens with one attached hydrogen (secondary N) is 1. The van der Waals surface area contributed by atoms with E-state index < -0.39 is 5.82 Å². The molecule has 1 aromatic carbocycles. The Balaban J connectivity index is 2.24. The van der Waals surface area contributed by atoms with Crippen molar-refractivity contribution in [1.82, 2.24) is 15.0 Å². The lowest BCUT2D eigenvalue weighted by Crippen LogP contribution is -2.10. The predicted octanol–water partition coefficient (Wildman–Crippen LogP) is 3.85. The van der Waals surface area contributed by atoms with Gasteiger partial charge >= 0.3 is 6.01 Å². The Morgan fingerprint density at radius 2 is 1.95 bits per heavy atom. The Morgan fingerprint density at radius 3 is 2.60 bits per heavy atom. The first-order valence-electron chi connectivity index (χ1n) is 5.74. The second-order valence-corrected chi connectivity index (χ2v) is 4.88. The van der Waals surface area contributed by atoms with Crippen molar-refractivity contribution < 1.29 is 9.13 Å². The summed E-state index contributed by atoms with van der Waals surface area (Å²) in [5.74, 6) is -0.321. The fourth-order valence-electron chi connectivity index (χ4n) is 1.35. The fourth-order valence-corrected chi connectivity index (χ4v) is 1.69. The van der Waals surface area contributed by atoms with E-state index in [1.807, 2.05) is 13.8 Å². The van der Waals surface area contributed by atoms with Gasteiger partial charge in [0.15, 0.2) is 0 Å². The Kier molecular flexibility index (Phi) is 4.57. The smallest absolute Gasteiger partial charge is 0.322 e. The zero-order valence-corrected chi connectivity index (χ0v) is 12.2. The molecule has 20 heavy (non-hydrogen) atoms. The van der Waals surface area contributed by atoms with E-state index in [9.17, 15) is 4.39 Å². The molecule has 1 N–H and O–H groups in total. The number of hydrogen-bond acceptors (Lipinski definition) is 5. The van der Waals surface area contributed by atoms with Crippen molar-refractivity contribution in [2.24, 2.45) is 0 Å². The van der Waals surface area contributed by atoms with Gasteiger partial charge in [0, 0.05) is 5.69 Å². The van der Waals surface area contributed by atoms with Crippen LogP contribution in [0.15, 0.2) is 18.2 Å². The zero-order chi connectivity index (χ0) is 14.7. The first kappa shape index (κ1) is 14.7. The van der Waals surface area contributed by atoms with Crippen molar-refractivity contribution in [1.29, 1.82) is 0 Å². The molecule has 5 nitrogen and oxygen atoms in total. The Labute approximate surface area is 125 Å². The topological polar surface area (TPSA) is 59.9 Å². The molecule has 0 aliphatic rings. The van der Waals surface area contributed by atoms with Crippen molar-refractivity contribution in [2.75, 3.05) is 5.32 Å². The van der Waals surface area contributed by atoms with Gasteiger partial charge in [-0.1, -0.05) is 11.6 Å². The lowest BCUT2D eigenvalue weighted by Gasteiger charge is -2.10. The molecule has 0 atom stereocenters. The van der Waals surface area contributed by atoms with Crippen LogP contribution >= 0.6 is 23.2 Å². The average Bonchev–Trinajstić information content (AvgIpc) is 2.32. The highest BCUT2D eigenvalue weighted by Gasteiger charge is 2.09. The molecule has 2 rings (SSSR count). The molecule has 1 heterocycles. The van der Waals surface area contributed by atoms with Gasteiger partial charge in [-0.3, -0.25) is 0 Å². The third-order valence-electron chi connectivity index (χ3n) is 2.10. The molecule has 2 aromatic rings. The number of rotatable bonds is 4. The number of aromatic nitrogens is 3. The van der Waals surface area contributed by atoms with Crippen LogP contribution in [0.4, 0.5) is 16.0 Å². The number of halogens is 3. The van der Waals surface area contributed by atoms with Crippen molar-refractivity contribution in [3.05, 3.63) is 34.3 Å². The standard InChI is InChI=1S/C12H11Cl2FN4O/c1-6(2)20-12-18-10(14)17-11(19-12)16-7-3-4-9(15)8(13)5-7/h3-6H,1-2H3,(H,16,17,18,19). The monoisotopic (exact) mass is 316 g/mol. The highest BCUT2D eigenvalue weighted by molar-refractivity contribution is 6.31. The lowest BCUT2D eigenvalue weighted by molar-refractivity contribution is 0.222. The van der Waals surface area contributed by atoms with Gasteiger partial charge in [-0.2, -0.15) is 15.0 Å². The summed E-state index contributed by atoms with van der Waals surface area (Å²) < 4.78 is 18.4. The van der Waals surface area contributed by atoms with Crippen molar-refractivity contribution in [2.45, 2.75) is 20.0 Å². The Bertz CT molecular complexity index is 624. The van der Waals surface area contributed by atoms with E-state index in [0.717, 1.165) is 0 Å². The lowest BCUT2D eigenvalue weighted by atomic mass is 10.3. The molecule has 0 saturated carbocycles. The minimum Gasteiger partial charge on any atom is -0.461 e. The van der Waals surface area contributed by atoms with E-state index in [1.54, 1.807) is 0 Å². The summed E-state index contributed by atoms with van der Waals surface area (Å²) in [6.45, 7) is 3.68. The quantitative estimate of drug-likeness (QED) is 0.928. The maximum atomic E-state index is 13.1. The SMILES string of the molecule is CC(C)Oc1nc(Cl)nc(Nc2ccc(F)c(Cl)c2)n1. The summed E-state index contributed by atoms with van der Waals surface area (Å²) in [5, 5.41) is 2.83. The summed E-state index contributed by atoms with van der Waals surface area (Å²) >= 11 is 11.5. The minimum absolute atomic E-state index is 0.00573. The van der Waals surface area contributed by atoms with E-state index in [0.29, 0.717) is 5.69 Å². The van der Waals surface area contributed by atoms with Crippen LogP contribution in [0, 0.1) is 5.82 Å². The summed E-state index contributed by atoms with van der Waals surface area (Å²) in [6, 6.07) is 4.26. The van der Waals surface area contributed by atoms with Gasteiger partial charge in [0.05, 0.1) is 11.1 Å². The molecule has 0 unspecified atom stereocenters. The van der Waals surface area contributed by atoms with Crippen molar-refractivity contribution >= 4 is 34.8 Å². The molecule has 0 amide bonds. The molecule has 0 bridgehead atoms. The molecular weight excluding hydrogens is 306 g/mol. The van der Waals surface area contributed by atoms with Gasteiger partial charge in [-0.15, -0.1) is 0 Å². The molecule has 106 valence electrons. The van der Waals surface area contributed by atoms with Crippen LogP contribution in [-0.4, -0.2) is 21.1 Å². The van der Waals surface area contributed by atoms with Crippen LogP contribution in [0.1, 0.15) is 13.8 Å². The molecule has 1 aromatic heterocycles. The molecule has 0 radical (unpaired) electrons. The number of benzene rings is 1. The number of anilines is 2. The van der Waals surface area contributed by atoms with Gasteiger partial charge in [0.2, 0.25) is 11.2 Å². The van der Waals surface area contributed by atoms with E-state index in [4.69, 9.17) is 27.9 Å². The number of ether oxygens (including phenoxy) is 1. The number of hydrogen-bond donors (Lipinski definition) is 1. The van der Waals surface area contributed by atoms with E-state index >= 15 is 0 Å². The second kappa shape index (κ2) is 6.19. The Hall–Kier alpha value is -1.66.